The Hall–Kier alpha value is -0.850. The average molecular weight is 265 g/mol. The maximum absolute atomic E-state index is 8.86. The minimum atomic E-state index is -0.0313. The molecule has 0 aromatic rings. The van der Waals surface area contributed by atoms with Gasteiger partial charge in [-0.3, -0.25) is 0 Å². The van der Waals surface area contributed by atoms with Crippen LogP contribution >= 0.6 is 0 Å². The van der Waals surface area contributed by atoms with Gasteiger partial charge >= 0.3 is 0 Å². The third-order valence-electron chi connectivity index (χ3n) is 3.75. The third-order valence-corrected chi connectivity index (χ3v) is 3.75. The molecule has 0 amide bonds. The molecular weight excluding hydrogens is 238 g/mol. The topological polar surface area (TPSA) is 42.2 Å². The van der Waals surface area contributed by atoms with Crippen molar-refractivity contribution in [3.05, 3.63) is 12.2 Å². The van der Waals surface area contributed by atoms with Crippen LogP contribution in [-0.2, 0) is 9.47 Å². The van der Waals surface area contributed by atoms with Gasteiger partial charge < -0.3 is 9.47 Å². The van der Waals surface area contributed by atoms with Crippen LogP contribution < -0.4 is 0 Å². The Bertz CT molecular complexity index is 292. The van der Waals surface area contributed by atoms with Crippen LogP contribution in [-0.4, -0.2) is 19.5 Å². The zero-order valence-electron chi connectivity index (χ0n) is 12.5. The summed E-state index contributed by atoms with van der Waals surface area (Å²) in [5, 5.41) is 8.86. The molecule has 3 nitrogen and oxygen atoms in total. The van der Waals surface area contributed by atoms with Crippen LogP contribution in [0.2, 0.25) is 0 Å². The fourth-order valence-corrected chi connectivity index (χ4v) is 2.71. The molecule has 0 N–H and O–H groups in total. The van der Waals surface area contributed by atoms with Gasteiger partial charge in [0.2, 0.25) is 0 Å². The van der Waals surface area contributed by atoms with E-state index in [9.17, 15) is 0 Å². The molecule has 2 aliphatic rings. The van der Waals surface area contributed by atoms with Crippen molar-refractivity contribution in [2.45, 2.75) is 52.7 Å². The lowest BCUT2D eigenvalue weighted by atomic mass is 9.82. The summed E-state index contributed by atoms with van der Waals surface area (Å²) in [5.41, 5.74) is 0. The molecule has 0 radical (unpaired) electrons. The third kappa shape index (κ3) is 4.97. The van der Waals surface area contributed by atoms with Crippen molar-refractivity contribution in [3.8, 4) is 6.07 Å². The van der Waals surface area contributed by atoms with Crippen LogP contribution in [0, 0.1) is 29.1 Å². The summed E-state index contributed by atoms with van der Waals surface area (Å²) in [6, 6.07) is 2.36. The number of allylic oxidation sites excluding steroid dienone is 1. The molecule has 108 valence electrons. The molecule has 1 saturated heterocycles. The summed E-state index contributed by atoms with van der Waals surface area (Å²) in [4.78, 5) is 0. The first-order chi connectivity index (χ1) is 9.33. The summed E-state index contributed by atoms with van der Waals surface area (Å²) in [6.07, 6.45) is 8.30. The summed E-state index contributed by atoms with van der Waals surface area (Å²) in [5.74, 6) is 1.16. The molecule has 0 bridgehead atoms. The van der Waals surface area contributed by atoms with Gasteiger partial charge in [0.05, 0.1) is 19.3 Å². The van der Waals surface area contributed by atoms with Gasteiger partial charge in [-0.15, -0.1) is 0 Å². The highest BCUT2D eigenvalue weighted by molar-refractivity contribution is 4.90. The molecule has 0 unspecified atom stereocenters. The SMILES string of the molecule is CC.CC=CC1COC(C2CCC(C#N)CC2)OC1. The fourth-order valence-electron chi connectivity index (χ4n) is 2.71. The molecular formula is C16H27NO2. The Morgan fingerprint density at radius 1 is 1.05 bits per heavy atom. The second-order valence-corrected chi connectivity index (χ2v) is 5.06. The molecule has 0 atom stereocenters. The molecule has 0 spiro atoms. The van der Waals surface area contributed by atoms with Crippen LogP contribution in [0.4, 0.5) is 0 Å². The van der Waals surface area contributed by atoms with Crippen molar-refractivity contribution in [1.82, 2.24) is 0 Å². The molecule has 0 aromatic carbocycles. The number of hydrogen-bond acceptors (Lipinski definition) is 3. The molecule has 2 fully saturated rings. The predicted molar refractivity (Wildman–Crippen MR) is 76.4 cm³/mol. The number of nitrogens with zero attached hydrogens (tertiary/aromatic N) is 1. The summed E-state index contributed by atoms with van der Waals surface area (Å²) in [6.45, 7) is 7.57. The van der Waals surface area contributed by atoms with E-state index in [4.69, 9.17) is 14.7 Å². The monoisotopic (exact) mass is 265 g/mol. The highest BCUT2D eigenvalue weighted by atomic mass is 16.7. The fraction of sp³-hybridized carbons (Fsp3) is 0.812. The van der Waals surface area contributed by atoms with Gasteiger partial charge in [-0.2, -0.15) is 5.26 Å². The smallest absolute Gasteiger partial charge is 0.160 e. The summed E-state index contributed by atoms with van der Waals surface area (Å²) >= 11 is 0. The van der Waals surface area contributed by atoms with E-state index < -0.39 is 0 Å². The van der Waals surface area contributed by atoms with E-state index in [1.165, 1.54) is 0 Å². The van der Waals surface area contributed by atoms with Crippen molar-refractivity contribution in [2.24, 2.45) is 17.8 Å². The lowest BCUT2D eigenvalue weighted by Crippen LogP contribution is -2.37. The number of nitriles is 1. The maximum Gasteiger partial charge on any atom is 0.160 e. The van der Waals surface area contributed by atoms with Crippen molar-refractivity contribution in [2.75, 3.05) is 13.2 Å². The molecule has 3 heteroatoms. The Morgan fingerprint density at radius 2 is 1.63 bits per heavy atom. The number of rotatable bonds is 2. The number of ether oxygens (including phenoxy) is 2. The normalized spacial score (nSPS) is 35.3. The molecule has 19 heavy (non-hydrogen) atoms. The lowest BCUT2D eigenvalue weighted by Gasteiger charge is -2.35. The maximum atomic E-state index is 8.86. The van der Waals surface area contributed by atoms with Crippen molar-refractivity contribution in [3.63, 3.8) is 0 Å². The Morgan fingerprint density at radius 3 is 2.11 bits per heavy atom. The first-order valence-corrected chi connectivity index (χ1v) is 7.59. The highest BCUT2D eigenvalue weighted by Gasteiger charge is 2.31. The Labute approximate surface area is 117 Å². The molecule has 1 aliphatic carbocycles. The Balaban J connectivity index is 0.000000861. The van der Waals surface area contributed by atoms with E-state index in [2.05, 4.69) is 18.2 Å². The zero-order chi connectivity index (χ0) is 14.1. The van der Waals surface area contributed by atoms with Crippen LogP contribution in [0.1, 0.15) is 46.5 Å². The van der Waals surface area contributed by atoms with Gasteiger partial charge in [0.25, 0.3) is 0 Å². The van der Waals surface area contributed by atoms with Gasteiger partial charge in [-0.1, -0.05) is 26.0 Å². The summed E-state index contributed by atoms with van der Waals surface area (Å²) in [7, 11) is 0. The minimum Gasteiger partial charge on any atom is -0.352 e. The van der Waals surface area contributed by atoms with Crippen LogP contribution in [0.15, 0.2) is 12.2 Å². The van der Waals surface area contributed by atoms with Crippen molar-refractivity contribution >= 4 is 0 Å². The predicted octanol–water partition coefficient (Wildman–Crippen LogP) is 3.91. The van der Waals surface area contributed by atoms with Crippen LogP contribution in [0.25, 0.3) is 0 Å². The van der Waals surface area contributed by atoms with Gasteiger partial charge in [-0.05, 0) is 32.6 Å². The van der Waals surface area contributed by atoms with Gasteiger partial charge in [0.15, 0.2) is 6.29 Å². The van der Waals surface area contributed by atoms with E-state index in [1.54, 1.807) is 0 Å². The van der Waals surface area contributed by atoms with Gasteiger partial charge in [0.1, 0.15) is 0 Å². The largest absolute Gasteiger partial charge is 0.352 e. The average Bonchev–Trinajstić information content (AvgIpc) is 2.51. The van der Waals surface area contributed by atoms with E-state index in [1.807, 2.05) is 20.8 Å². The van der Waals surface area contributed by atoms with Gasteiger partial charge in [0, 0.05) is 17.8 Å². The molecule has 1 aliphatic heterocycles. The second-order valence-electron chi connectivity index (χ2n) is 5.06. The van der Waals surface area contributed by atoms with E-state index in [0.717, 1.165) is 38.9 Å². The van der Waals surface area contributed by atoms with E-state index in [0.29, 0.717) is 11.8 Å². The molecule has 1 heterocycles. The second kappa shape index (κ2) is 9.12. The quantitative estimate of drug-likeness (QED) is 0.711. The van der Waals surface area contributed by atoms with Gasteiger partial charge in [-0.25, -0.2) is 0 Å². The summed E-state index contributed by atoms with van der Waals surface area (Å²) < 4.78 is 11.6. The van der Waals surface area contributed by atoms with E-state index in [-0.39, 0.29) is 12.2 Å². The first-order valence-electron chi connectivity index (χ1n) is 7.59. The van der Waals surface area contributed by atoms with Crippen LogP contribution in [0.5, 0.6) is 0 Å². The lowest BCUT2D eigenvalue weighted by molar-refractivity contribution is -0.222. The first kappa shape index (κ1) is 16.2. The standard InChI is InChI=1S/C14H21NO2.C2H6/c1-2-3-12-9-16-14(17-10-12)13-6-4-11(8-15)5-7-13;1-2/h2-3,11-14H,4-7,9-10H2,1H3;1-2H3. The Kier molecular flexibility index (Phi) is 7.78. The van der Waals surface area contributed by atoms with Crippen molar-refractivity contribution in [1.29, 1.82) is 5.26 Å². The van der Waals surface area contributed by atoms with Crippen LogP contribution in [0.3, 0.4) is 0 Å². The zero-order valence-corrected chi connectivity index (χ0v) is 12.5. The molecule has 0 aromatic heterocycles. The number of hydrogen-bond donors (Lipinski definition) is 0. The molecule has 1 saturated carbocycles. The van der Waals surface area contributed by atoms with E-state index >= 15 is 0 Å². The minimum absolute atomic E-state index is 0.0313. The highest BCUT2D eigenvalue weighted by Crippen LogP contribution is 2.33. The molecule has 2 rings (SSSR count). The van der Waals surface area contributed by atoms with Crippen molar-refractivity contribution < 1.29 is 9.47 Å².